The van der Waals surface area contributed by atoms with Gasteiger partial charge in [0.1, 0.15) is 5.82 Å². The fraction of sp³-hybridized carbons (Fsp3) is 0.391. The monoisotopic (exact) mass is 428 g/mol. The second-order valence-corrected chi connectivity index (χ2v) is 7.49. The molecule has 0 radical (unpaired) electrons. The van der Waals surface area contributed by atoms with Crippen LogP contribution in [0.3, 0.4) is 0 Å². The van der Waals surface area contributed by atoms with Gasteiger partial charge in [-0.25, -0.2) is 14.5 Å². The molecular weight excluding hydrogens is 402 g/mol. The first-order valence-corrected chi connectivity index (χ1v) is 10.4. The highest BCUT2D eigenvalue weighted by atomic mass is 19.3. The molecule has 1 N–H and O–H groups in total. The zero-order valence-corrected chi connectivity index (χ0v) is 17.7. The van der Waals surface area contributed by atoms with Gasteiger partial charge in [0.05, 0.1) is 12.1 Å². The van der Waals surface area contributed by atoms with Gasteiger partial charge < -0.3 is 5.11 Å². The molecule has 3 rings (SSSR count). The minimum Gasteiger partial charge on any atom is -0.478 e. The van der Waals surface area contributed by atoms with Crippen LogP contribution in [0.15, 0.2) is 42.7 Å². The molecule has 0 atom stereocenters. The topological polar surface area (TPSA) is 80.9 Å². The van der Waals surface area contributed by atoms with E-state index in [1.165, 1.54) is 18.5 Å². The smallest absolute Gasteiger partial charge is 0.336 e. The molecule has 0 spiro atoms. The summed E-state index contributed by atoms with van der Waals surface area (Å²) in [4.78, 5) is 19.6. The number of nitrogens with zero attached hydrogens (tertiary/aromatic N) is 4. The first-order chi connectivity index (χ1) is 14.9. The van der Waals surface area contributed by atoms with Gasteiger partial charge in [-0.15, -0.1) is 5.10 Å². The van der Waals surface area contributed by atoms with E-state index < -0.39 is 17.7 Å². The molecule has 164 valence electrons. The molecule has 2 heterocycles. The van der Waals surface area contributed by atoms with E-state index in [2.05, 4.69) is 15.1 Å². The van der Waals surface area contributed by atoms with Gasteiger partial charge in [-0.2, -0.15) is 8.78 Å². The van der Waals surface area contributed by atoms with E-state index in [9.17, 15) is 18.7 Å². The molecule has 0 fully saturated rings. The van der Waals surface area contributed by atoms with E-state index in [1.807, 2.05) is 19.1 Å². The second-order valence-electron chi connectivity index (χ2n) is 7.49. The van der Waals surface area contributed by atoms with Crippen molar-refractivity contribution in [3.05, 3.63) is 65.5 Å². The number of pyridine rings is 1. The largest absolute Gasteiger partial charge is 0.478 e. The lowest BCUT2D eigenvalue weighted by Gasteiger charge is -2.10. The summed E-state index contributed by atoms with van der Waals surface area (Å²) in [6.07, 6.45) is 5.38. The number of hydrogen-bond acceptors (Lipinski definition) is 4. The van der Waals surface area contributed by atoms with Gasteiger partial charge in [0.2, 0.25) is 5.82 Å². The number of rotatable bonds is 10. The molecule has 0 unspecified atom stereocenters. The Hall–Kier alpha value is -3.16. The number of hydrogen-bond donors (Lipinski definition) is 1. The summed E-state index contributed by atoms with van der Waals surface area (Å²) < 4.78 is 30.3. The summed E-state index contributed by atoms with van der Waals surface area (Å²) in [7, 11) is 0. The maximum Gasteiger partial charge on any atom is 0.336 e. The van der Waals surface area contributed by atoms with E-state index in [1.54, 1.807) is 23.7 Å². The van der Waals surface area contributed by atoms with Crippen molar-refractivity contribution in [2.24, 2.45) is 0 Å². The van der Waals surface area contributed by atoms with Crippen LogP contribution < -0.4 is 0 Å². The van der Waals surface area contributed by atoms with Crippen LogP contribution in [0.25, 0.3) is 11.1 Å². The zero-order chi connectivity index (χ0) is 22.4. The summed E-state index contributed by atoms with van der Waals surface area (Å²) in [5.74, 6) is -3.93. The highest BCUT2D eigenvalue weighted by molar-refractivity contribution is 5.95. The number of halogens is 2. The highest BCUT2D eigenvalue weighted by Gasteiger charge is 2.36. The van der Waals surface area contributed by atoms with Crippen LogP contribution in [0.1, 0.15) is 67.1 Å². The minimum absolute atomic E-state index is 0.170. The average Bonchev–Trinajstić information content (AvgIpc) is 3.16. The van der Waals surface area contributed by atoms with Gasteiger partial charge in [0, 0.05) is 30.8 Å². The van der Waals surface area contributed by atoms with Crippen LogP contribution >= 0.6 is 0 Å². The Bertz CT molecular complexity index is 1030. The molecule has 0 bridgehead atoms. The third-order valence-electron chi connectivity index (χ3n) is 5.04. The Morgan fingerprint density at radius 1 is 1.13 bits per heavy atom. The van der Waals surface area contributed by atoms with Crippen molar-refractivity contribution >= 4 is 5.97 Å². The second kappa shape index (κ2) is 9.76. The van der Waals surface area contributed by atoms with E-state index >= 15 is 0 Å². The van der Waals surface area contributed by atoms with E-state index in [0.717, 1.165) is 18.4 Å². The Balaban J connectivity index is 1.87. The summed E-state index contributed by atoms with van der Waals surface area (Å²) in [5.41, 5.74) is 2.27. The molecule has 0 amide bonds. The maximum absolute atomic E-state index is 14.4. The van der Waals surface area contributed by atoms with Gasteiger partial charge in [-0.05, 0) is 30.0 Å². The number of aryl methyl sites for hydroxylation is 1. The summed E-state index contributed by atoms with van der Waals surface area (Å²) in [6.45, 7) is 4.06. The van der Waals surface area contributed by atoms with Crippen molar-refractivity contribution in [1.29, 1.82) is 0 Å². The minimum atomic E-state index is -3.04. The molecule has 8 heteroatoms. The Morgan fingerprint density at radius 3 is 2.52 bits per heavy atom. The third kappa shape index (κ3) is 5.31. The predicted molar refractivity (Wildman–Crippen MR) is 113 cm³/mol. The number of unbranched alkanes of at least 4 members (excludes halogenated alkanes) is 1. The number of carboxylic acids is 1. The zero-order valence-electron chi connectivity index (χ0n) is 17.7. The SMILES string of the molecule is CCCCc1nc(C(F)(F)CCC)nn1Cc1ccc(-c2cnccc2C(=O)O)cc1. The van der Waals surface area contributed by atoms with Crippen molar-refractivity contribution in [1.82, 2.24) is 19.7 Å². The van der Waals surface area contributed by atoms with Crippen LogP contribution in [-0.2, 0) is 18.9 Å². The van der Waals surface area contributed by atoms with Gasteiger partial charge in [0.15, 0.2) is 0 Å². The highest BCUT2D eigenvalue weighted by Crippen LogP contribution is 2.31. The van der Waals surface area contributed by atoms with E-state index in [4.69, 9.17) is 0 Å². The average molecular weight is 428 g/mol. The van der Waals surface area contributed by atoms with Gasteiger partial charge in [-0.3, -0.25) is 4.98 Å². The molecule has 0 aliphatic heterocycles. The number of alkyl halides is 2. The fourth-order valence-electron chi connectivity index (χ4n) is 3.38. The molecule has 31 heavy (non-hydrogen) atoms. The quantitative estimate of drug-likeness (QED) is 0.473. The fourth-order valence-corrected chi connectivity index (χ4v) is 3.38. The standard InChI is InChI=1S/C23H26F2N4O2/c1-3-5-6-20-27-22(23(24,25)12-4-2)28-29(20)15-16-7-9-17(10-8-16)19-14-26-13-11-18(19)21(30)31/h7-11,13-14H,3-6,12,15H2,1-2H3,(H,30,31). The Morgan fingerprint density at radius 2 is 1.87 bits per heavy atom. The number of aromatic nitrogens is 4. The summed E-state index contributed by atoms with van der Waals surface area (Å²) in [5, 5.41) is 13.5. The molecule has 0 saturated heterocycles. The van der Waals surface area contributed by atoms with E-state index in [0.29, 0.717) is 36.3 Å². The van der Waals surface area contributed by atoms with Gasteiger partial charge in [0.25, 0.3) is 0 Å². The van der Waals surface area contributed by atoms with Crippen molar-refractivity contribution < 1.29 is 18.7 Å². The number of carbonyl (C=O) groups is 1. The van der Waals surface area contributed by atoms with Gasteiger partial charge >= 0.3 is 11.9 Å². The molecule has 6 nitrogen and oxygen atoms in total. The number of carboxylic acid groups (broad SMARTS) is 1. The summed E-state index contributed by atoms with van der Waals surface area (Å²) in [6, 6.07) is 8.73. The molecular formula is C23H26F2N4O2. The van der Waals surface area contributed by atoms with Crippen LogP contribution in [-0.4, -0.2) is 30.8 Å². The van der Waals surface area contributed by atoms with Crippen LogP contribution in [0, 0.1) is 0 Å². The predicted octanol–water partition coefficient (Wildman–Crippen LogP) is 5.32. The number of benzene rings is 1. The molecule has 0 aliphatic carbocycles. The first-order valence-electron chi connectivity index (χ1n) is 10.4. The molecule has 0 aliphatic rings. The van der Waals surface area contributed by atoms with Gasteiger partial charge in [-0.1, -0.05) is 44.5 Å². The van der Waals surface area contributed by atoms with Crippen LogP contribution in [0.4, 0.5) is 8.78 Å². The number of aromatic carboxylic acids is 1. The lowest BCUT2D eigenvalue weighted by Crippen LogP contribution is -2.15. The molecule has 3 aromatic rings. The van der Waals surface area contributed by atoms with Crippen molar-refractivity contribution in [3.8, 4) is 11.1 Å². The molecule has 0 saturated carbocycles. The first kappa shape index (κ1) is 22.5. The van der Waals surface area contributed by atoms with Crippen LogP contribution in [0.2, 0.25) is 0 Å². The molecule has 1 aromatic carbocycles. The van der Waals surface area contributed by atoms with Crippen molar-refractivity contribution in [3.63, 3.8) is 0 Å². The third-order valence-corrected chi connectivity index (χ3v) is 5.04. The van der Waals surface area contributed by atoms with Crippen LogP contribution in [0.5, 0.6) is 0 Å². The maximum atomic E-state index is 14.4. The Labute approximate surface area is 180 Å². The van der Waals surface area contributed by atoms with Crippen molar-refractivity contribution in [2.45, 2.75) is 58.4 Å². The van der Waals surface area contributed by atoms with E-state index in [-0.39, 0.29) is 12.0 Å². The Kier molecular flexibility index (Phi) is 7.09. The summed E-state index contributed by atoms with van der Waals surface area (Å²) >= 11 is 0. The normalized spacial score (nSPS) is 11.6. The lowest BCUT2D eigenvalue weighted by atomic mass is 10.0. The lowest BCUT2D eigenvalue weighted by molar-refractivity contribution is -0.0232. The molecule has 2 aromatic heterocycles. The van der Waals surface area contributed by atoms with Crippen molar-refractivity contribution in [2.75, 3.05) is 0 Å².